The maximum Gasteiger partial charge on any atom is 0.272 e. The van der Waals surface area contributed by atoms with Gasteiger partial charge in [0.15, 0.2) is 0 Å². The predicted octanol–water partition coefficient (Wildman–Crippen LogP) is 1.85. The van der Waals surface area contributed by atoms with Gasteiger partial charge in [-0.15, -0.1) is 0 Å². The Kier molecular flexibility index (Phi) is 3.37. The first kappa shape index (κ1) is 11.1. The molecule has 15 heavy (non-hydrogen) atoms. The normalized spacial score (nSPS) is 11.8. The number of hydrogen-bond acceptors (Lipinski definition) is 4. The van der Waals surface area contributed by atoms with Gasteiger partial charge >= 0.3 is 0 Å². The molecule has 0 heterocycles. The minimum absolute atomic E-state index is 0.0375. The van der Waals surface area contributed by atoms with Gasteiger partial charge in [-0.05, 0) is 12.5 Å². The van der Waals surface area contributed by atoms with Crippen molar-refractivity contribution >= 4 is 5.69 Å². The van der Waals surface area contributed by atoms with Crippen LogP contribution in [0.1, 0.15) is 23.7 Å². The van der Waals surface area contributed by atoms with Crippen LogP contribution >= 0.6 is 0 Å². The zero-order valence-electron chi connectivity index (χ0n) is 8.17. The van der Waals surface area contributed by atoms with Crippen molar-refractivity contribution in [3.63, 3.8) is 0 Å². The van der Waals surface area contributed by atoms with E-state index in [1.807, 2.05) is 6.07 Å². The minimum atomic E-state index is -0.964. The van der Waals surface area contributed by atoms with Crippen LogP contribution in [0.15, 0.2) is 18.2 Å². The van der Waals surface area contributed by atoms with Crippen molar-refractivity contribution in [1.82, 2.24) is 0 Å². The standard InChI is InChI=1S/C10H10N2O3/c1-7-2-3-8(10(13)4-5-11)6-9(7)12(14)15/h2-3,6,10,13H,4H2,1H3. The van der Waals surface area contributed by atoms with Gasteiger partial charge in [0.05, 0.1) is 23.5 Å². The zero-order chi connectivity index (χ0) is 11.4. The number of aryl methyl sites for hydroxylation is 1. The van der Waals surface area contributed by atoms with Crippen LogP contribution in [0.5, 0.6) is 0 Å². The van der Waals surface area contributed by atoms with Gasteiger partial charge in [-0.3, -0.25) is 10.1 Å². The molecular weight excluding hydrogens is 196 g/mol. The first-order valence-corrected chi connectivity index (χ1v) is 4.36. The average Bonchev–Trinajstić information content (AvgIpc) is 2.18. The van der Waals surface area contributed by atoms with Gasteiger partial charge in [0.25, 0.3) is 5.69 Å². The monoisotopic (exact) mass is 206 g/mol. The van der Waals surface area contributed by atoms with Crippen molar-refractivity contribution < 1.29 is 10.0 Å². The van der Waals surface area contributed by atoms with E-state index in [4.69, 9.17) is 5.26 Å². The van der Waals surface area contributed by atoms with Crippen molar-refractivity contribution in [3.8, 4) is 6.07 Å². The third-order valence-electron chi connectivity index (χ3n) is 2.10. The number of nitro benzene ring substituents is 1. The zero-order valence-corrected chi connectivity index (χ0v) is 8.17. The molecule has 1 aromatic carbocycles. The lowest BCUT2D eigenvalue weighted by molar-refractivity contribution is -0.385. The molecule has 78 valence electrons. The van der Waals surface area contributed by atoms with Gasteiger partial charge in [-0.1, -0.05) is 12.1 Å². The topological polar surface area (TPSA) is 87.2 Å². The highest BCUT2D eigenvalue weighted by Gasteiger charge is 2.14. The van der Waals surface area contributed by atoms with Crippen molar-refractivity contribution in [2.24, 2.45) is 0 Å². The van der Waals surface area contributed by atoms with E-state index in [0.29, 0.717) is 11.1 Å². The molecule has 5 heteroatoms. The quantitative estimate of drug-likeness (QED) is 0.603. The Bertz CT molecular complexity index is 423. The molecule has 0 saturated heterocycles. The van der Waals surface area contributed by atoms with Crippen molar-refractivity contribution in [2.75, 3.05) is 0 Å². The second kappa shape index (κ2) is 4.53. The van der Waals surface area contributed by atoms with Crippen LogP contribution < -0.4 is 0 Å². The Morgan fingerprint density at radius 1 is 1.67 bits per heavy atom. The van der Waals surface area contributed by atoms with E-state index in [2.05, 4.69) is 0 Å². The fraction of sp³-hybridized carbons (Fsp3) is 0.300. The van der Waals surface area contributed by atoms with Crippen LogP contribution in [0.3, 0.4) is 0 Å². The first-order chi connectivity index (χ1) is 7.06. The molecule has 0 aliphatic heterocycles. The second-order valence-electron chi connectivity index (χ2n) is 3.18. The van der Waals surface area contributed by atoms with Crippen LogP contribution in [-0.4, -0.2) is 10.0 Å². The molecule has 1 atom stereocenters. The summed E-state index contributed by atoms with van der Waals surface area (Å²) in [5.41, 5.74) is 0.895. The van der Waals surface area contributed by atoms with Gasteiger partial charge in [0.2, 0.25) is 0 Å². The molecule has 1 unspecified atom stereocenters. The average molecular weight is 206 g/mol. The number of benzene rings is 1. The molecular formula is C10H10N2O3. The molecule has 0 aliphatic rings. The van der Waals surface area contributed by atoms with Crippen LogP contribution in [0.4, 0.5) is 5.69 Å². The Morgan fingerprint density at radius 2 is 2.33 bits per heavy atom. The predicted molar refractivity (Wildman–Crippen MR) is 53.0 cm³/mol. The molecule has 0 spiro atoms. The molecule has 0 amide bonds. The number of rotatable bonds is 3. The van der Waals surface area contributed by atoms with Gasteiger partial charge < -0.3 is 5.11 Å². The van der Waals surface area contributed by atoms with Crippen molar-refractivity contribution in [1.29, 1.82) is 5.26 Å². The molecule has 5 nitrogen and oxygen atoms in total. The summed E-state index contributed by atoms with van der Waals surface area (Å²) in [7, 11) is 0. The van der Waals surface area contributed by atoms with Gasteiger partial charge in [-0.25, -0.2) is 0 Å². The van der Waals surface area contributed by atoms with E-state index >= 15 is 0 Å². The smallest absolute Gasteiger partial charge is 0.272 e. The maximum atomic E-state index is 10.6. The minimum Gasteiger partial charge on any atom is -0.387 e. The third-order valence-corrected chi connectivity index (χ3v) is 2.10. The summed E-state index contributed by atoms with van der Waals surface area (Å²) >= 11 is 0. The summed E-state index contributed by atoms with van der Waals surface area (Å²) < 4.78 is 0. The Morgan fingerprint density at radius 3 is 2.87 bits per heavy atom. The highest BCUT2D eigenvalue weighted by Crippen LogP contribution is 2.24. The van der Waals surface area contributed by atoms with Crippen molar-refractivity contribution in [3.05, 3.63) is 39.4 Å². The summed E-state index contributed by atoms with van der Waals surface area (Å²) in [5, 5.41) is 28.5. The number of hydrogen-bond donors (Lipinski definition) is 1. The van der Waals surface area contributed by atoms with Gasteiger partial charge in [0.1, 0.15) is 0 Å². The first-order valence-electron chi connectivity index (χ1n) is 4.36. The summed E-state index contributed by atoms with van der Waals surface area (Å²) in [6.45, 7) is 1.62. The third kappa shape index (κ3) is 2.51. The summed E-state index contributed by atoms with van der Waals surface area (Å²) in [6.07, 6.45) is -1.03. The Hall–Kier alpha value is -1.93. The van der Waals surface area contributed by atoms with Crippen LogP contribution in [-0.2, 0) is 0 Å². The van der Waals surface area contributed by atoms with E-state index < -0.39 is 11.0 Å². The molecule has 1 N–H and O–H groups in total. The number of nitrogens with zero attached hydrogens (tertiary/aromatic N) is 2. The van der Waals surface area contributed by atoms with Gasteiger partial charge in [-0.2, -0.15) is 5.26 Å². The number of nitro groups is 1. The lowest BCUT2D eigenvalue weighted by atomic mass is 10.0. The van der Waals surface area contributed by atoms with E-state index in [1.54, 1.807) is 19.1 Å². The van der Waals surface area contributed by atoms with Crippen LogP contribution in [0.2, 0.25) is 0 Å². The number of aliphatic hydroxyl groups excluding tert-OH is 1. The molecule has 0 fully saturated rings. The number of aliphatic hydroxyl groups is 1. The largest absolute Gasteiger partial charge is 0.387 e. The van der Waals surface area contributed by atoms with E-state index in [9.17, 15) is 15.2 Å². The van der Waals surface area contributed by atoms with Crippen LogP contribution in [0.25, 0.3) is 0 Å². The number of nitriles is 1. The molecule has 1 rings (SSSR count). The highest BCUT2D eigenvalue weighted by molar-refractivity contribution is 5.43. The summed E-state index contributed by atoms with van der Waals surface area (Å²) in [6, 6.07) is 6.26. The maximum absolute atomic E-state index is 10.6. The second-order valence-corrected chi connectivity index (χ2v) is 3.18. The lowest BCUT2D eigenvalue weighted by Gasteiger charge is -2.07. The van der Waals surface area contributed by atoms with Gasteiger partial charge in [0, 0.05) is 11.6 Å². The fourth-order valence-electron chi connectivity index (χ4n) is 1.23. The molecule has 0 radical (unpaired) electrons. The highest BCUT2D eigenvalue weighted by atomic mass is 16.6. The molecule has 0 bridgehead atoms. The van der Waals surface area contributed by atoms with Crippen molar-refractivity contribution in [2.45, 2.75) is 19.4 Å². The molecule has 0 aliphatic carbocycles. The van der Waals surface area contributed by atoms with E-state index in [0.717, 1.165) is 0 Å². The Balaban J connectivity index is 3.08. The molecule has 1 aromatic rings. The fourth-order valence-corrected chi connectivity index (χ4v) is 1.23. The van der Waals surface area contributed by atoms with Crippen LogP contribution in [0, 0.1) is 28.4 Å². The molecule has 0 saturated carbocycles. The Labute approximate surface area is 86.7 Å². The van der Waals surface area contributed by atoms with E-state index in [1.165, 1.54) is 6.07 Å². The van der Waals surface area contributed by atoms with E-state index in [-0.39, 0.29) is 12.1 Å². The SMILES string of the molecule is Cc1ccc(C(O)CC#N)cc1[N+](=O)[O-]. The summed E-state index contributed by atoms with van der Waals surface area (Å²) in [5.74, 6) is 0. The molecule has 0 aromatic heterocycles. The lowest BCUT2D eigenvalue weighted by Crippen LogP contribution is -1.99. The summed E-state index contributed by atoms with van der Waals surface area (Å²) in [4.78, 5) is 10.1.